The highest BCUT2D eigenvalue weighted by molar-refractivity contribution is 5.79. The molecule has 0 spiro atoms. The molecule has 0 aliphatic carbocycles. The third-order valence-electron chi connectivity index (χ3n) is 5.15. The van der Waals surface area contributed by atoms with E-state index in [2.05, 4.69) is 37.6 Å². The number of carbonyl (C=O) groups excluding carboxylic acids is 1. The SMILES string of the molecule is Cc1nnc2ccc(N3CCC(C(=O)NCCc4ccccc4)CC3)nn12. The highest BCUT2D eigenvalue weighted by atomic mass is 16.1. The lowest BCUT2D eigenvalue weighted by Gasteiger charge is -2.32. The monoisotopic (exact) mass is 364 g/mol. The van der Waals surface area contributed by atoms with Crippen LogP contribution in [0.4, 0.5) is 5.82 Å². The van der Waals surface area contributed by atoms with E-state index in [1.54, 1.807) is 4.52 Å². The number of aryl methyl sites for hydroxylation is 1. The number of carbonyl (C=O) groups is 1. The number of nitrogens with one attached hydrogen (secondary N) is 1. The molecule has 3 heterocycles. The number of benzene rings is 1. The molecule has 0 bridgehead atoms. The first-order chi connectivity index (χ1) is 13.2. The Hall–Kier alpha value is -2.96. The fourth-order valence-electron chi connectivity index (χ4n) is 3.54. The van der Waals surface area contributed by atoms with Crippen LogP contribution in [0.15, 0.2) is 42.5 Å². The van der Waals surface area contributed by atoms with E-state index in [1.807, 2.05) is 37.3 Å². The van der Waals surface area contributed by atoms with E-state index in [4.69, 9.17) is 0 Å². The van der Waals surface area contributed by atoms with Gasteiger partial charge in [-0.2, -0.15) is 4.52 Å². The van der Waals surface area contributed by atoms with Crippen molar-refractivity contribution >= 4 is 17.4 Å². The van der Waals surface area contributed by atoms with Crippen LogP contribution in [0.1, 0.15) is 24.2 Å². The van der Waals surface area contributed by atoms with E-state index in [0.717, 1.165) is 49.6 Å². The normalized spacial score (nSPS) is 15.2. The van der Waals surface area contributed by atoms with Gasteiger partial charge in [-0.05, 0) is 43.9 Å². The highest BCUT2D eigenvalue weighted by Gasteiger charge is 2.25. The van der Waals surface area contributed by atoms with Crippen LogP contribution in [0.25, 0.3) is 5.65 Å². The molecular weight excluding hydrogens is 340 g/mol. The minimum Gasteiger partial charge on any atom is -0.356 e. The van der Waals surface area contributed by atoms with Crippen molar-refractivity contribution in [3.8, 4) is 0 Å². The van der Waals surface area contributed by atoms with Gasteiger partial charge in [0.1, 0.15) is 5.82 Å². The summed E-state index contributed by atoms with van der Waals surface area (Å²) in [5, 5.41) is 15.8. The summed E-state index contributed by atoms with van der Waals surface area (Å²) in [5.41, 5.74) is 2.00. The average Bonchev–Trinajstić information content (AvgIpc) is 3.09. The summed E-state index contributed by atoms with van der Waals surface area (Å²) in [7, 11) is 0. The lowest BCUT2D eigenvalue weighted by molar-refractivity contribution is -0.125. The van der Waals surface area contributed by atoms with Crippen LogP contribution in [0, 0.1) is 12.8 Å². The number of hydrogen-bond donors (Lipinski definition) is 1. The number of nitrogens with zero attached hydrogens (tertiary/aromatic N) is 5. The number of amides is 1. The molecule has 1 amide bonds. The predicted molar refractivity (Wildman–Crippen MR) is 104 cm³/mol. The van der Waals surface area contributed by atoms with Crippen molar-refractivity contribution in [3.05, 3.63) is 53.9 Å². The lowest BCUT2D eigenvalue weighted by Crippen LogP contribution is -2.41. The van der Waals surface area contributed by atoms with Crippen molar-refractivity contribution in [3.63, 3.8) is 0 Å². The molecule has 1 saturated heterocycles. The van der Waals surface area contributed by atoms with Crippen molar-refractivity contribution in [2.45, 2.75) is 26.2 Å². The van der Waals surface area contributed by atoms with E-state index >= 15 is 0 Å². The van der Waals surface area contributed by atoms with E-state index in [0.29, 0.717) is 6.54 Å². The Morgan fingerprint density at radius 2 is 1.89 bits per heavy atom. The van der Waals surface area contributed by atoms with Gasteiger partial charge < -0.3 is 10.2 Å². The van der Waals surface area contributed by atoms with Crippen LogP contribution in [0.3, 0.4) is 0 Å². The fraction of sp³-hybridized carbons (Fsp3) is 0.400. The van der Waals surface area contributed by atoms with E-state index < -0.39 is 0 Å². The van der Waals surface area contributed by atoms with Crippen LogP contribution in [0.2, 0.25) is 0 Å². The molecule has 1 aliphatic rings. The molecule has 7 nitrogen and oxygen atoms in total. The molecule has 7 heteroatoms. The van der Waals surface area contributed by atoms with Crippen LogP contribution < -0.4 is 10.2 Å². The standard InChI is InChI=1S/C20H24N6O/c1-15-22-23-18-7-8-19(24-26(15)18)25-13-10-17(11-14-25)20(27)21-12-9-16-5-3-2-4-6-16/h2-8,17H,9-14H2,1H3,(H,21,27). The van der Waals surface area contributed by atoms with Gasteiger partial charge >= 0.3 is 0 Å². The fourth-order valence-corrected chi connectivity index (χ4v) is 3.54. The Morgan fingerprint density at radius 3 is 2.67 bits per heavy atom. The zero-order valence-corrected chi connectivity index (χ0v) is 15.5. The number of aromatic nitrogens is 4. The van der Waals surface area contributed by atoms with Crippen LogP contribution >= 0.6 is 0 Å². The quantitative estimate of drug-likeness (QED) is 0.749. The van der Waals surface area contributed by atoms with Gasteiger partial charge in [0.2, 0.25) is 5.91 Å². The number of anilines is 1. The summed E-state index contributed by atoms with van der Waals surface area (Å²) in [6.07, 6.45) is 2.56. The Bertz CT molecular complexity index is 915. The molecule has 27 heavy (non-hydrogen) atoms. The van der Waals surface area contributed by atoms with E-state index in [1.165, 1.54) is 5.56 Å². The van der Waals surface area contributed by atoms with Gasteiger partial charge in [-0.25, -0.2) is 0 Å². The van der Waals surface area contributed by atoms with Crippen LogP contribution in [-0.2, 0) is 11.2 Å². The van der Waals surface area contributed by atoms with E-state index in [9.17, 15) is 4.79 Å². The van der Waals surface area contributed by atoms with Crippen molar-refractivity contribution in [1.29, 1.82) is 0 Å². The van der Waals surface area contributed by atoms with Crippen molar-refractivity contribution in [2.75, 3.05) is 24.5 Å². The van der Waals surface area contributed by atoms with Gasteiger partial charge in [-0.1, -0.05) is 30.3 Å². The second-order valence-electron chi connectivity index (χ2n) is 7.00. The minimum atomic E-state index is 0.0809. The van der Waals surface area contributed by atoms with E-state index in [-0.39, 0.29) is 11.8 Å². The first-order valence-electron chi connectivity index (χ1n) is 9.46. The maximum atomic E-state index is 12.5. The largest absolute Gasteiger partial charge is 0.356 e. The molecule has 0 atom stereocenters. The van der Waals surface area contributed by atoms with Crippen LogP contribution in [0.5, 0.6) is 0 Å². The minimum absolute atomic E-state index is 0.0809. The molecule has 0 radical (unpaired) electrons. The molecular formula is C20H24N6O. The molecule has 3 aromatic rings. The highest BCUT2D eigenvalue weighted by Crippen LogP contribution is 2.22. The third kappa shape index (κ3) is 3.92. The zero-order chi connectivity index (χ0) is 18.6. The van der Waals surface area contributed by atoms with Gasteiger partial charge in [0.05, 0.1) is 0 Å². The summed E-state index contributed by atoms with van der Waals surface area (Å²) >= 11 is 0. The zero-order valence-electron chi connectivity index (χ0n) is 15.5. The van der Waals surface area contributed by atoms with Gasteiger partial charge in [-0.3, -0.25) is 4.79 Å². The number of piperidine rings is 1. The molecule has 0 unspecified atom stereocenters. The Labute approximate surface area is 158 Å². The molecule has 140 valence electrons. The van der Waals surface area contributed by atoms with Crippen molar-refractivity contribution < 1.29 is 4.79 Å². The second kappa shape index (κ2) is 7.73. The Balaban J connectivity index is 1.28. The molecule has 1 fully saturated rings. The lowest BCUT2D eigenvalue weighted by atomic mass is 9.96. The Kier molecular flexibility index (Phi) is 5.00. The molecule has 2 aromatic heterocycles. The first kappa shape index (κ1) is 17.5. The maximum Gasteiger partial charge on any atom is 0.223 e. The van der Waals surface area contributed by atoms with Crippen molar-refractivity contribution in [2.24, 2.45) is 5.92 Å². The Morgan fingerprint density at radius 1 is 1.11 bits per heavy atom. The third-order valence-corrected chi connectivity index (χ3v) is 5.15. The van der Waals surface area contributed by atoms with Crippen LogP contribution in [-0.4, -0.2) is 45.4 Å². The topological polar surface area (TPSA) is 75.4 Å². The molecule has 1 aromatic carbocycles. The summed E-state index contributed by atoms with van der Waals surface area (Å²) in [5.74, 6) is 1.94. The molecule has 1 aliphatic heterocycles. The number of hydrogen-bond acceptors (Lipinski definition) is 5. The van der Waals surface area contributed by atoms with Gasteiger partial charge in [0.25, 0.3) is 0 Å². The summed E-state index contributed by atoms with van der Waals surface area (Å²) < 4.78 is 1.76. The number of fused-ring (bicyclic) bond motifs is 1. The maximum absolute atomic E-state index is 12.5. The molecule has 4 rings (SSSR count). The summed E-state index contributed by atoms with van der Waals surface area (Å²) in [6.45, 7) is 4.24. The average molecular weight is 364 g/mol. The van der Waals surface area contributed by atoms with Gasteiger partial charge in [0.15, 0.2) is 11.5 Å². The second-order valence-corrected chi connectivity index (χ2v) is 7.00. The van der Waals surface area contributed by atoms with Gasteiger partial charge in [0, 0.05) is 25.6 Å². The predicted octanol–water partition coefficient (Wildman–Crippen LogP) is 2.01. The van der Waals surface area contributed by atoms with Crippen molar-refractivity contribution in [1.82, 2.24) is 25.1 Å². The molecule has 1 N–H and O–H groups in total. The molecule has 0 saturated carbocycles. The summed E-state index contributed by atoms with van der Waals surface area (Å²) in [6, 6.07) is 14.2. The number of rotatable bonds is 5. The van der Waals surface area contributed by atoms with Gasteiger partial charge in [-0.15, -0.1) is 15.3 Å². The first-order valence-corrected chi connectivity index (χ1v) is 9.46. The summed E-state index contributed by atoms with van der Waals surface area (Å²) in [4.78, 5) is 14.7. The smallest absolute Gasteiger partial charge is 0.223 e.